The molecule has 0 spiro atoms. The van der Waals surface area contributed by atoms with Gasteiger partial charge in [-0.25, -0.2) is 9.37 Å². The van der Waals surface area contributed by atoms with Crippen LogP contribution in [0.4, 0.5) is 4.39 Å². The Labute approximate surface area is 67.9 Å². The van der Waals surface area contributed by atoms with E-state index in [1.165, 1.54) is 25.2 Å². The number of halogens is 2. The summed E-state index contributed by atoms with van der Waals surface area (Å²) in [6.07, 6.45) is 0. The Hall–Kier alpha value is -0.150. The highest BCUT2D eigenvalue weighted by Gasteiger charge is 2.21. The van der Waals surface area contributed by atoms with Crippen LogP contribution < -0.4 is 0 Å². The third kappa shape index (κ3) is 1.67. The maximum absolute atomic E-state index is 13.0. The van der Waals surface area contributed by atoms with E-state index in [1.54, 1.807) is 5.38 Å². The summed E-state index contributed by atoms with van der Waals surface area (Å²) >= 11 is 6.75. The number of hydrogen-bond acceptors (Lipinski definition) is 2. The number of aromatic nitrogens is 1. The number of thiazole rings is 1. The van der Waals surface area contributed by atoms with Crippen LogP contribution in [0, 0.1) is 0 Å². The van der Waals surface area contributed by atoms with Crippen molar-refractivity contribution in [2.24, 2.45) is 0 Å². The van der Waals surface area contributed by atoms with Crippen LogP contribution in [0.5, 0.6) is 0 Å². The van der Waals surface area contributed by atoms with Crippen molar-refractivity contribution >= 4 is 22.9 Å². The molecule has 0 radical (unpaired) electrons. The zero-order chi connectivity index (χ0) is 7.78. The molecular weight excluding hydrogens is 173 g/mol. The first-order valence-corrected chi connectivity index (χ1v) is 4.06. The summed E-state index contributed by atoms with van der Waals surface area (Å²) in [6, 6.07) is 0. The van der Waals surface area contributed by atoms with Gasteiger partial charge in [0.25, 0.3) is 0 Å². The average Bonchev–Trinajstić information content (AvgIpc) is 2.11. The SMILES string of the molecule is CC(C)(F)c1csc(Cl)n1. The van der Waals surface area contributed by atoms with E-state index in [2.05, 4.69) is 4.98 Å². The van der Waals surface area contributed by atoms with Gasteiger partial charge in [-0.2, -0.15) is 0 Å². The molecule has 0 bridgehead atoms. The first kappa shape index (κ1) is 7.95. The van der Waals surface area contributed by atoms with Crippen molar-refractivity contribution in [3.8, 4) is 0 Å². The Morgan fingerprint density at radius 2 is 2.30 bits per heavy atom. The van der Waals surface area contributed by atoms with E-state index in [0.29, 0.717) is 10.2 Å². The topological polar surface area (TPSA) is 12.9 Å². The highest BCUT2D eigenvalue weighted by molar-refractivity contribution is 7.13. The fraction of sp³-hybridized carbons (Fsp3) is 0.500. The van der Waals surface area contributed by atoms with Gasteiger partial charge in [0.05, 0.1) is 5.69 Å². The number of nitrogens with zero attached hydrogens (tertiary/aromatic N) is 1. The zero-order valence-corrected chi connectivity index (χ0v) is 7.26. The molecule has 0 aromatic carbocycles. The summed E-state index contributed by atoms with van der Waals surface area (Å²) < 4.78 is 13.4. The van der Waals surface area contributed by atoms with Crippen molar-refractivity contribution in [3.05, 3.63) is 15.5 Å². The summed E-state index contributed by atoms with van der Waals surface area (Å²) in [5, 5.41) is 1.63. The third-order valence-electron chi connectivity index (χ3n) is 1.09. The average molecular weight is 180 g/mol. The number of hydrogen-bond donors (Lipinski definition) is 0. The highest BCUT2D eigenvalue weighted by atomic mass is 35.5. The number of alkyl halides is 1. The van der Waals surface area contributed by atoms with Gasteiger partial charge in [0.1, 0.15) is 5.67 Å². The molecule has 10 heavy (non-hydrogen) atoms. The van der Waals surface area contributed by atoms with Crippen LogP contribution in [-0.2, 0) is 5.67 Å². The third-order valence-corrected chi connectivity index (χ3v) is 2.06. The minimum atomic E-state index is -1.37. The fourth-order valence-electron chi connectivity index (χ4n) is 0.525. The Morgan fingerprint density at radius 3 is 2.50 bits per heavy atom. The van der Waals surface area contributed by atoms with E-state index in [0.717, 1.165) is 0 Å². The Morgan fingerprint density at radius 1 is 1.70 bits per heavy atom. The van der Waals surface area contributed by atoms with Crippen LogP contribution in [0.2, 0.25) is 4.47 Å². The van der Waals surface area contributed by atoms with Crippen molar-refractivity contribution in [3.63, 3.8) is 0 Å². The molecule has 1 rings (SSSR count). The smallest absolute Gasteiger partial charge is 0.183 e. The molecule has 0 saturated carbocycles. The normalized spacial score (nSPS) is 12.0. The summed E-state index contributed by atoms with van der Waals surface area (Å²) in [6.45, 7) is 2.91. The lowest BCUT2D eigenvalue weighted by molar-refractivity contribution is 0.215. The summed E-state index contributed by atoms with van der Waals surface area (Å²) in [7, 11) is 0. The largest absolute Gasteiger partial charge is 0.238 e. The van der Waals surface area contributed by atoms with Gasteiger partial charge in [0, 0.05) is 5.38 Å². The van der Waals surface area contributed by atoms with E-state index in [4.69, 9.17) is 11.6 Å². The van der Waals surface area contributed by atoms with Crippen LogP contribution in [0.1, 0.15) is 19.5 Å². The Bertz CT molecular complexity index is 228. The molecule has 1 aromatic rings. The molecule has 0 aliphatic heterocycles. The van der Waals surface area contributed by atoms with Crippen molar-refractivity contribution < 1.29 is 4.39 Å². The van der Waals surface area contributed by atoms with Gasteiger partial charge in [0.2, 0.25) is 0 Å². The van der Waals surface area contributed by atoms with E-state index in [1.807, 2.05) is 0 Å². The van der Waals surface area contributed by atoms with Crippen LogP contribution in [0.25, 0.3) is 0 Å². The van der Waals surface area contributed by atoms with E-state index < -0.39 is 5.67 Å². The van der Waals surface area contributed by atoms with Gasteiger partial charge in [-0.05, 0) is 13.8 Å². The van der Waals surface area contributed by atoms with Gasteiger partial charge in [0.15, 0.2) is 4.47 Å². The molecule has 0 aliphatic carbocycles. The lowest BCUT2D eigenvalue weighted by Gasteiger charge is -2.08. The van der Waals surface area contributed by atoms with Crippen molar-refractivity contribution in [2.45, 2.75) is 19.5 Å². The number of rotatable bonds is 1. The van der Waals surface area contributed by atoms with Crippen molar-refractivity contribution in [1.29, 1.82) is 0 Å². The van der Waals surface area contributed by atoms with Gasteiger partial charge >= 0.3 is 0 Å². The minimum absolute atomic E-state index is 0.390. The monoisotopic (exact) mass is 179 g/mol. The Kier molecular flexibility index (Phi) is 1.97. The predicted molar refractivity (Wildman–Crippen MR) is 41.3 cm³/mol. The molecule has 0 unspecified atom stereocenters. The molecule has 1 nitrogen and oxygen atoms in total. The molecule has 0 fully saturated rings. The molecule has 4 heteroatoms. The van der Waals surface area contributed by atoms with Crippen LogP contribution in [0.3, 0.4) is 0 Å². The second kappa shape index (κ2) is 2.47. The van der Waals surface area contributed by atoms with Gasteiger partial charge in [-0.3, -0.25) is 0 Å². The Balaban J connectivity index is 2.96. The molecular formula is C6H7ClFNS. The van der Waals surface area contributed by atoms with E-state index in [9.17, 15) is 4.39 Å². The summed E-state index contributed by atoms with van der Waals surface area (Å²) in [4.78, 5) is 3.79. The van der Waals surface area contributed by atoms with Gasteiger partial charge in [-0.1, -0.05) is 11.6 Å². The first-order valence-electron chi connectivity index (χ1n) is 2.80. The van der Waals surface area contributed by atoms with Crippen LogP contribution >= 0.6 is 22.9 Å². The molecule has 0 atom stereocenters. The minimum Gasteiger partial charge on any atom is -0.238 e. The molecule has 0 saturated heterocycles. The molecule has 1 heterocycles. The molecule has 56 valence electrons. The fourth-order valence-corrected chi connectivity index (χ4v) is 1.44. The van der Waals surface area contributed by atoms with Crippen molar-refractivity contribution in [1.82, 2.24) is 4.98 Å². The summed E-state index contributed by atoms with van der Waals surface area (Å²) in [5.74, 6) is 0. The molecule has 0 amide bonds. The van der Waals surface area contributed by atoms with Gasteiger partial charge in [-0.15, -0.1) is 11.3 Å². The first-order chi connectivity index (χ1) is 4.50. The van der Waals surface area contributed by atoms with Gasteiger partial charge < -0.3 is 0 Å². The molecule has 0 aliphatic rings. The maximum atomic E-state index is 13.0. The lowest BCUT2D eigenvalue weighted by Crippen LogP contribution is -2.08. The molecule has 0 N–H and O–H groups in total. The van der Waals surface area contributed by atoms with Crippen molar-refractivity contribution in [2.75, 3.05) is 0 Å². The highest BCUT2D eigenvalue weighted by Crippen LogP contribution is 2.27. The van der Waals surface area contributed by atoms with Crippen LogP contribution in [-0.4, -0.2) is 4.98 Å². The maximum Gasteiger partial charge on any atom is 0.183 e. The van der Waals surface area contributed by atoms with E-state index in [-0.39, 0.29) is 0 Å². The second-order valence-corrected chi connectivity index (χ2v) is 3.90. The zero-order valence-electron chi connectivity index (χ0n) is 5.69. The van der Waals surface area contributed by atoms with Crippen LogP contribution in [0.15, 0.2) is 5.38 Å². The lowest BCUT2D eigenvalue weighted by atomic mass is 10.1. The quantitative estimate of drug-likeness (QED) is 0.646. The molecule has 1 aromatic heterocycles. The van der Waals surface area contributed by atoms with E-state index >= 15 is 0 Å². The standard InChI is InChI=1S/C6H7ClFNS/c1-6(2,8)4-3-10-5(7)9-4/h3H,1-2H3. The summed E-state index contributed by atoms with van der Waals surface area (Å²) in [5.41, 5.74) is -0.966. The predicted octanol–water partition coefficient (Wildman–Crippen LogP) is 3.00. The second-order valence-electron chi connectivity index (χ2n) is 2.46.